The van der Waals surface area contributed by atoms with Crippen molar-refractivity contribution in [3.8, 4) is 22.8 Å². The lowest BCUT2D eigenvalue weighted by molar-refractivity contribution is 0.0698. The van der Waals surface area contributed by atoms with Gasteiger partial charge in [0.25, 0.3) is 5.91 Å². The van der Waals surface area contributed by atoms with Crippen LogP contribution in [0, 0.1) is 5.82 Å². The number of aromatic nitrogens is 1. The van der Waals surface area contributed by atoms with Gasteiger partial charge in [-0.1, -0.05) is 24.3 Å². The number of carbonyl (C=O) groups excluding carboxylic acids is 1. The molecule has 0 radical (unpaired) electrons. The molecule has 0 spiro atoms. The number of ether oxygens (including phenoxy) is 2. The van der Waals surface area contributed by atoms with Crippen molar-refractivity contribution in [1.82, 2.24) is 9.88 Å². The molecule has 202 valence electrons. The number of furan rings is 1. The number of halogens is 1. The Labute approximate surface area is 232 Å². The van der Waals surface area contributed by atoms with Crippen LogP contribution in [0.4, 0.5) is 4.39 Å². The van der Waals surface area contributed by atoms with Gasteiger partial charge in [-0.15, -0.1) is 0 Å². The molecule has 5 rings (SSSR count). The first-order valence-corrected chi connectivity index (χ1v) is 13.0. The molecular formula is C33H29FN2O4. The van der Waals surface area contributed by atoms with Crippen molar-refractivity contribution < 1.29 is 23.1 Å². The number of pyridine rings is 1. The van der Waals surface area contributed by atoms with Crippen molar-refractivity contribution in [2.45, 2.75) is 19.5 Å². The fourth-order valence-corrected chi connectivity index (χ4v) is 4.32. The number of benzene rings is 3. The molecule has 2 heterocycles. The molecule has 0 aliphatic rings. The van der Waals surface area contributed by atoms with Gasteiger partial charge in [0, 0.05) is 37.5 Å². The van der Waals surface area contributed by atoms with E-state index in [0.29, 0.717) is 37.6 Å². The van der Waals surface area contributed by atoms with Crippen LogP contribution in [0.25, 0.3) is 11.3 Å². The molecule has 0 fully saturated rings. The lowest BCUT2D eigenvalue weighted by Crippen LogP contribution is -2.29. The van der Waals surface area contributed by atoms with Crippen LogP contribution in [-0.4, -0.2) is 29.5 Å². The maximum atomic E-state index is 13.7. The summed E-state index contributed by atoms with van der Waals surface area (Å²) < 4.78 is 30.3. The average molecular weight is 537 g/mol. The minimum atomic E-state index is -0.255. The Morgan fingerprint density at radius 3 is 2.33 bits per heavy atom. The van der Waals surface area contributed by atoms with Crippen molar-refractivity contribution in [3.05, 3.63) is 138 Å². The molecule has 3 aromatic carbocycles. The summed E-state index contributed by atoms with van der Waals surface area (Å²) in [5.74, 6) is 1.83. The summed E-state index contributed by atoms with van der Waals surface area (Å²) >= 11 is 0. The Morgan fingerprint density at radius 2 is 1.57 bits per heavy atom. The first kappa shape index (κ1) is 26.7. The zero-order chi connectivity index (χ0) is 27.7. The SMILES string of the molecule is COc1ccc(-c2ccc(C(=O)N(Cc3ccncc3)Cc3cccc(OCCc4ccc(F)cc4)c3)o2)cc1. The van der Waals surface area contributed by atoms with Gasteiger partial charge < -0.3 is 18.8 Å². The number of hydrogen-bond acceptors (Lipinski definition) is 5. The van der Waals surface area contributed by atoms with Crippen LogP contribution in [0.1, 0.15) is 27.2 Å². The van der Waals surface area contributed by atoms with Crippen LogP contribution in [0.3, 0.4) is 0 Å². The molecular weight excluding hydrogens is 507 g/mol. The number of carbonyl (C=O) groups is 1. The van der Waals surface area contributed by atoms with Gasteiger partial charge >= 0.3 is 0 Å². The van der Waals surface area contributed by atoms with Crippen molar-refractivity contribution >= 4 is 5.91 Å². The second-order valence-corrected chi connectivity index (χ2v) is 9.28. The molecule has 40 heavy (non-hydrogen) atoms. The van der Waals surface area contributed by atoms with Gasteiger partial charge in [0.15, 0.2) is 5.76 Å². The van der Waals surface area contributed by atoms with Crippen molar-refractivity contribution in [1.29, 1.82) is 0 Å². The fraction of sp³-hybridized carbons (Fsp3) is 0.152. The van der Waals surface area contributed by atoms with Crippen molar-refractivity contribution in [2.24, 2.45) is 0 Å². The summed E-state index contributed by atoms with van der Waals surface area (Å²) in [5.41, 5.74) is 3.73. The number of methoxy groups -OCH3 is 1. The minimum absolute atomic E-state index is 0.223. The van der Waals surface area contributed by atoms with Crippen LogP contribution in [-0.2, 0) is 19.5 Å². The minimum Gasteiger partial charge on any atom is -0.497 e. The topological polar surface area (TPSA) is 64.8 Å². The maximum Gasteiger partial charge on any atom is 0.290 e. The van der Waals surface area contributed by atoms with E-state index in [1.54, 1.807) is 48.7 Å². The molecule has 2 aromatic heterocycles. The summed E-state index contributed by atoms with van der Waals surface area (Å²) in [7, 11) is 1.62. The van der Waals surface area contributed by atoms with E-state index >= 15 is 0 Å². The fourth-order valence-electron chi connectivity index (χ4n) is 4.32. The molecule has 0 saturated carbocycles. The predicted molar refractivity (Wildman–Crippen MR) is 151 cm³/mol. The van der Waals surface area contributed by atoms with Crippen LogP contribution in [0.15, 0.2) is 114 Å². The Bertz CT molecular complexity index is 1530. The van der Waals surface area contributed by atoms with E-state index in [2.05, 4.69) is 4.98 Å². The second kappa shape index (κ2) is 12.8. The third-order valence-corrected chi connectivity index (χ3v) is 6.45. The largest absolute Gasteiger partial charge is 0.497 e. The van der Waals surface area contributed by atoms with Crippen LogP contribution >= 0.6 is 0 Å². The van der Waals surface area contributed by atoms with Crippen molar-refractivity contribution in [3.63, 3.8) is 0 Å². The smallest absolute Gasteiger partial charge is 0.290 e. The molecule has 0 N–H and O–H groups in total. The van der Waals surface area contributed by atoms with E-state index in [0.717, 1.165) is 28.0 Å². The van der Waals surface area contributed by atoms with Gasteiger partial charge in [0.2, 0.25) is 0 Å². The number of hydrogen-bond donors (Lipinski definition) is 0. The zero-order valence-electron chi connectivity index (χ0n) is 22.1. The summed E-state index contributed by atoms with van der Waals surface area (Å²) in [6.07, 6.45) is 4.08. The third-order valence-electron chi connectivity index (χ3n) is 6.45. The first-order chi connectivity index (χ1) is 19.6. The zero-order valence-corrected chi connectivity index (χ0v) is 22.1. The Morgan fingerprint density at radius 1 is 0.825 bits per heavy atom. The normalized spacial score (nSPS) is 10.8. The molecule has 7 heteroatoms. The van der Waals surface area contributed by atoms with Crippen molar-refractivity contribution in [2.75, 3.05) is 13.7 Å². The van der Waals surface area contributed by atoms with Gasteiger partial charge in [0.1, 0.15) is 23.1 Å². The molecule has 0 saturated heterocycles. The first-order valence-electron chi connectivity index (χ1n) is 13.0. The number of rotatable bonds is 11. The van der Waals surface area contributed by atoms with E-state index in [1.165, 1.54) is 12.1 Å². The quantitative estimate of drug-likeness (QED) is 0.183. The summed E-state index contributed by atoms with van der Waals surface area (Å²) in [6.45, 7) is 1.19. The standard InChI is InChI=1S/C33H29FN2O4/c1-38-29-11-7-27(8-12-29)31-13-14-32(40-31)33(37)36(22-25-15-18-35-19-16-25)23-26-3-2-4-30(21-26)39-20-17-24-5-9-28(34)10-6-24/h2-16,18-19,21H,17,20,22-23H2,1H3. The third kappa shape index (κ3) is 6.94. The van der Waals surface area contributed by atoms with E-state index in [9.17, 15) is 9.18 Å². The molecule has 1 amide bonds. The van der Waals surface area contributed by atoms with E-state index in [4.69, 9.17) is 13.9 Å². The van der Waals surface area contributed by atoms with Gasteiger partial charge in [-0.2, -0.15) is 0 Å². The second-order valence-electron chi connectivity index (χ2n) is 9.28. The highest BCUT2D eigenvalue weighted by Gasteiger charge is 2.21. The molecule has 5 aromatic rings. The summed E-state index contributed by atoms with van der Waals surface area (Å²) in [5, 5.41) is 0. The van der Waals surface area contributed by atoms with Crippen LogP contribution in [0.2, 0.25) is 0 Å². The van der Waals surface area contributed by atoms with E-state index in [1.807, 2.05) is 60.7 Å². The maximum absolute atomic E-state index is 13.7. The summed E-state index contributed by atoms with van der Waals surface area (Å²) in [6, 6.07) is 28.9. The molecule has 6 nitrogen and oxygen atoms in total. The number of nitrogens with zero attached hydrogens (tertiary/aromatic N) is 2. The number of amides is 1. The van der Waals surface area contributed by atoms with E-state index < -0.39 is 0 Å². The Balaban J connectivity index is 1.30. The lowest BCUT2D eigenvalue weighted by Gasteiger charge is -2.22. The van der Waals surface area contributed by atoms with E-state index in [-0.39, 0.29) is 17.5 Å². The predicted octanol–water partition coefficient (Wildman–Crippen LogP) is 6.95. The monoisotopic (exact) mass is 536 g/mol. The van der Waals surface area contributed by atoms with Crippen LogP contribution in [0.5, 0.6) is 11.5 Å². The van der Waals surface area contributed by atoms with Gasteiger partial charge in [-0.3, -0.25) is 9.78 Å². The van der Waals surface area contributed by atoms with Crippen LogP contribution < -0.4 is 9.47 Å². The van der Waals surface area contributed by atoms with Gasteiger partial charge in [-0.05, 0) is 89.5 Å². The Kier molecular flexibility index (Phi) is 8.51. The molecule has 0 unspecified atom stereocenters. The molecule has 0 bridgehead atoms. The van der Waals surface area contributed by atoms with Gasteiger partial charge in [0.05, 0.1) is 13.7 Å². The lowest BCUT2D eigenvalue weighted by atomic mass is 10.1. The molecule has 0 aliphatic heterocycles. The average Bonchev–Trinajstić information content (AvgIpc) is 3.49. The van der Waals surface area contributed by atoms with Gasteiger partial charge in [-0.25, -0.2) is 4.39 Å². The summed E-state index contributed by atoms with van der Waals surface area (Å²) in [4.78, 5) is 19.5. The molecule has 0 atom stereocenters. The molecule has 0 aliphatic carbocycles. The highest BCUT2D eigenvalue weighted by Crippen LogP contribution is 2.26. The highest BCUT2D eigenvalue weighted by molar-refractivity contribution is 5.92. The highest BCUT2D eigenvalue weighted by atomic mass is 19.1. The Hall–Kier alpha value is -4.91.